The summed E-state index contributed by atoms with van der Waals surface area (Å²) in [5, 5.41) is 7.02. The molecular weight excluding hydrogens is 779 g/mol. The number of hydrogen-bond acceptors (Lipinski definition) is 3. The molecule has 11 aromatic rings. The van der Waals surface area contributed by atoms with Crippen LogP contribution in [0.1, 0.15) is 77.6 Å². The Morgan fingerprint density at radius 2 is 1.16 bits per heavy atom. The van der Waals surface area contributed by atoms with Crippen molar-refractivity contribution in [2.24, 2.45) is 0 Å². The zero-order valence-corrected chi connectivity index (χ0v) is 37.6. The summed E-state index contributed by atoms with van der Waals surface area (Å²) in [7, 11) is 0. The van der Waals surface area contributed by atoms with E-state index in [0.29, 0.717) is 0 Å². The van der Waals surface area contributed by atoms with Crippen molar-refractivity contribution in [3.8, 4) is 27.9 Å². The summed E-state index contributed by atoms with van der Waals surface area (Å²) in [6.07, 6.45) is 0. The van der Waals surface area contributed by atoms with E-state index in [2.05, 4.69) is 204 Å². The minimum absolute atomic E-state index is 0.00447. The number of hydrogen-bond donors (Lipinski definition) is 0. The summed E-state index contributed by atoms with van der Waals surface area (Å²) in [5.74, 6) is 0. The topological polar surface area (TPSA) is 34.5 Å². The molecule has 0 saturated heterocycles. The van der Waals surface area contributed by atoms with Crippen molar-refractivity contribution in [3.05, 3.63) is 162 Å². The van der Waals surface area contributed by atoms with E-state index in [1.54, 1.807) is 0 Å². The van der Waals surface area contributed by atoms with Gasteiger partial charge in [-0.3, -0.25) is 0 Å². The van der Waals surface area contributed by atoms with Crippen LogP contribution in [0.4, 0.5) is 11.4 Å². The molecule has 0 atom stereocenters. The summed E-state index contributed by atoms with van der Waals surface area (Å²) >= 11 is 0. The molecule has 64 heavy (non-hydrogen) atoms. The number of furan rings is 2. The van der Waals surface area contributed by atoms with Gasteiger partial charge in [0.05, 0.1) is 11.0 Å². The van der Waals surface area contributed by atoms with Crippen LogP contribution < -0.4 is 15.7 Å². The molecule has 308 valence electrons. The van der Waals surface area contributed by atoms with Gasteiger partial charge >= 0.3 is 6.85 Å². The van der Waals surface area contributed by atoms with Crippen LogP contribution >= 0.6 is 0 Å². The lowest BCUT2D eigenvalue weighted by Crippen LogP contribution is -2.60. The van der Waals surface area contributed by atoms with E-state index in [9.17, 15) is 0 Å². The fourth-order valence-electron chi connectivity index (χ4n) is 11.9. The fraction of sp³-hybridized carbons (Fsp3) is 0.186. The van der Waals surface area contributed by atoms with Gasteiger partial charge in [0.2, 0.25) is 0 Å². The first kappa shape index (κ1) is 36.5. The molecule has 8 aromatic carbocycles. The first-order chi connectivity index (χ1) is 30.7. The first-order valence-electron chi connectivity index (χ1n) is 22.9. The number of rotatable bonds is 1. The summed E-state index contributed by atoms with van der Waals surface area (Å²) in [4.78, 5) is 2.66. The van der Waals surface area contributed by atoms with Crippen molar-refractivity contribution in [2.45, 2.75) is 71.6 Å². The lowest BCUT2D eigenvalue weighted by Gasteiger charge is -2.42. The van der Waals surface area contributed by atoms with Crippen LogP contribution in [0.5, 0.6) is 0 Å². The highest BCUT2D eigenvalue weighted by molar-refractivity contribution is 6.93. The van der Waals surface area contributed by atoms with Crippen LogP contribution in [0.2, 0.25) is 0 Å². The Morgan fingerprint density at radius 1 is 0.469 bits per heavy atom. The highest BCUT2D eigenvalue weighted by atomic mass is 16.3. The Hall–Kier alpha value is -6.98. The number of aromatic nitrogens is 1. The Labute approximate surface area is 372 Å². The van der Waals surface area contributed by atoms with Gasteiger partial charge in [0.15, 0.2) is 0 Å². The van der Waals surface area contributed by atoms with Gasteiger partial charge in [-0.2, -0.15) is 0 Å². The predicted octanol–water partition coefficient (Wildman–Crippen LogP) is 14.7. The average Bonchev–Trinajstić information content (AvgIpc) is 3.99. The van der Waals surface area contributed by atoms with E-state index in [1.165, 1.54) is 94.3 Å². The number of fused-ring (bicyclic) bond motifs is 17. The average molecular weight is 827 g/mol. The first-order valence-corrected chi connectivity index (χ1v) is 22.9. The quantitative estimate of drug-likeness (QED) is 0.155. The number of anilines is 2. The molecule has 0 amide bonds. The molecular formula is C59H47BN2O2. The van der Waals surface area contributed by atoms with E-state index in [-0.39, 0.29) is 23.1 Å². The number of nitrogens with zero attached hydrogens (tertiary/aromatic N) is 2. The second-order valence-electron chi connectivity index (χ2n) is 21.3. The molecule has 0 bridgehead atoms. The second kappa shape index (κ2) is 11.8. The molecule has 0 N–H and O–H groups in total. The summed E-state index contributed by atoms with van der Waals surface area (Å²) in [5.41, 5.74) is 22.7. The third kappa shape index (κ3) is 4.59. The summed E-state index contributed by atoms with van der Waals surface area (Å²) in [6, 6.07) is 53.0. The van der Waals surface area contributed by atoms with E-state index in [0.717, 1.165) is 43.9 Å². The van der Waals surface area contributed by atoms with E-state index < -0.39 is 0 Å². The monoisotopic (exact) mass is 826 g/mol. The fourth-order valence-corrected chi connectivity index (χ4v) is 11.9. The van der Waals surface area contributed by atoms with Crippen LogP contribution in [-0.4, -0.2) is 11.4 Å². The molecule has 0 spiro atoms. The van der Waals surface area contributed by atoms with Crippen molar-refractivity contribution in [2.75, 3.05) is 4.81 Å². The van der Waals surface area contributed by atoms with Crippen LogP contribution in [0, 0.1) is 0 Å². The maximum atomic E-state index is 6.79. The number of para-hydroxylation sites is 1. The highest BCUT2D eigenvalue weighted by Gasteiger charge is 2.46. The maximum Gasteiger partial charge on any atom is 0.333 e. The summed E-state index contributed by atoms with van der Waals surface area (Å²) < 4.78 is 16.0. The third-order valence-electron chi connectivity index (χ3n) is 15.3. The van der Waals surface area contributed by atoms with Gasteiger partial charge < -0.3 is 18.2 Å². The molecule has 2 aliphatic heterocycles. The third-order valence-corrected chi connectivity index (χ3v) is 15.3. The van der Waals surface area contributed by atoms with Gasteiger partial charge in [-0.25, -0.2) is 0 Å². The van der Waals surface area contributed by atoms with Crippen molar-refractivity contribution >= 4 is 94.8 Å². The maximum absolute atomic E-state index is 6.79. The van der Waals surface area contributed by atoms with E-state index >= 15 is 0 Å². The summed E-state index contributed by atoms with van der Waals surface area (Å²) in [6.45, 7) is 18.4. The molecule has 0 unspecified atom stereocenters. The van der Waals surface area contributed by atoms with E-state index in [4.69, 9.17) is 8.83 Å². The normalized spacial score (nSPS) is 14.9. The van der Waals surface area contributed by atoms with Crippen LogP contribution in [0.3, 0.4) is 0 Å². The smallest absolute Gasteiger partial charge is 0.333 e. The molecule has 0 fully saturated rings. The van der Waals surface area contributed by atoms with Gasteiger partial charge in [0.1, 0.15) is 22.3 Å². The highest BCUT2D eigenvalue weighted by Crippen LogP contribution is 2.52. The van der Waals surface area contributed by atoms with E-state index in [1.807, 2.05) is 0 Å². The largest absolute Gasteiger partial charge is 0.456 e. The molecule has 0 radical (unpaired) electrons. The second-order valence-corrected chi connectivity index (χ2v) is 21.3. The van der Waals surface area contributed by atoms with Crippen LogP contribution in [0.25, 0.3) is 93.6 Å². The van der Waals surface area contributed by atoms with Gasteiger partial charge in [-0.15, -0.1) is 0 Å². The standard InChI is InChI=1S/C59H47BN2O2/c1-57(2,3)32-17-20-34(21-18-32)62-49-28-44-42-25-33(58(4,5)6)19-24-52(42)64-54(44)29-40(49)37-22-23-38-41-30-53-43(36-14-10-12-16-51(36)63-53)27-48(41)61-50-31-46-39(26-47(50)60(62)55(37)56(38)61)35-13-9-11-15-45(35)59(46,7)8/h9-31H,1-8H3. The molecule has 5 heterocycles. The minimum Gasteiger partial charge on any atom is -0.456 e. The molecule has 1 aliphatic carbocycles. The molecule has 3 aliphatic rings. The van der Waals surface area contributed by atoms with Crippen LogP contribution in [0.15, 0.2) is 148 Å². The molecule has 5 heteroatoms. The SMILES string of the molecule is CC(C)(C)c1ccc(N2B3c4cc5c(cc4-n4c6cc7c(cc6c6ccc(c3c64)-c3cc4oc6ccc(C(C)(C)C)cc6c4cc32)oc2ccccc27)C(C)(C)c2ccccc2-5)cc1. The lowest BCUT2D eigenvalue weighted by atomic mass is 9.43. The van der Waals surface area contributed by atoms with Gasteiger partial charge in [0.25, 0.3) is 0 Å². The molecule has 0 saturated carbocycles. The molecule has 14 rings (SSSR count). The molecule has 4 nitrogen and oxygen atoms in total. The molecule has 3 aromatic heterocycles. The zero-order chi connectivity index (χ0) is 43.3. The zero-order valence-electron chi connectivity index (χ0n) is 37.6. The van der Waals surface area contributed by atoms with Crippen molar-refractivity contribution in [3.63, 3.8) is 0 Å². The Morgan fingerprint density at radius 3 is 1.95 bits per heavy atom. The minimum atomic E-state index is -0.166. The van der Waals surface area contributed by atoms with Crippen molar-refractivity contribution in [1.82, 2.24) is 4.57 Å². The predicted molar refractivity (Wildman–Crippen MR) is 269 cm³/mol. The Bertz CT molecular complexity index is 3900. The van der Waals surface area contributed by atoms with Gasteiger partial charge in [-0.1, -0.05) is 134 Å². The van der Waals surface area contributed by atoms with Crippen LogP contribution in [-0.2, 0) is 16.2 Å². The Kier molecular flexibility index (Phi) is 6.72. The number of benzene rings is 8. The lowest BCUT2D eigenvalue weighted by molar-refractivity contribution is 0.590. The van der Waals surface area contributed by atoms with Crippen molar-refractivity contribution < 1.29 is 8.83 Å². The van der Waals surface area contributed by atoms with Crippen molar-refractivity contribution in [1.29, 1.82) is 0 Å². The van der Waals surface area contributed by atoms with Gasteiger partial charge in [0, 0.05) is 60.4 Å². The van der Waals surface area contributed by atoms with Gasteiger partial charge in [-0.05, 0) is 121 Å². The Balaban J connectivity index is 1.15.